The highest BCUT2D eigenvalue weighted by Crippen LogP contribution is 2.36. The molecule has 0 bridgehead atoms. The van der Waals surface area contributed by atoms with Crippen LogP contribution in [-0.4, -0.2) is 12.6 Å². The minimum atomic E-state index is -2.77. The summed E-state index contributed by atoms with van der Waals surface area (Å²) in [5, 5.41) is 10.7. The highest BCUT2D eigenvalue weighted by molar-refractivity contribution is 7.25. The maximum absolute atomic E-state index is 2.77. The van der Waals surface area contributed by atoms with Crippen LogP contribution >= 0.6 is 11.3 Å². The molecule has 0 saturated heterocycles. The van der Waals surface area contributed by atoms with Crippen molar-refractivity contribution in [2.24, 2.45) is 0 Å². The van der Waals surface area contributed by atoms with Crippen LogP contribution in [0.5, 0.6) is 0 Å². The van der Waals surface area contributed by atoms with Crippen LogP contribution in [0.3, 0.4) is 0 Å². The van der Waals surface area contributed by atoms with Crippen LogP contribution in [-0.2, 0) is 0 Å². The summed E-state index contributed by atoms with van der Waals surface area (Å²) in [7, 11) is -2.77. The van der Waals surface area contributed by atoms with Gasteiger partial charge in [-0.15, -0.1) is 11.3 Å². The van der Waals surface area contributed by atoms with Crippen LogP contribution in [0.25, 0.3) is 58.8 Å². The molecule has 0 aliphatic carbocycles. The molecule has 8 aromatic carbocycles. The van der Waals surface area contributed by atoms with Crippen molar-refractivity contribution >= 4 is 82.1 Å². The van der Waals surface area contributed by atoms with Gasteiger partial charge in [-0.3, -0.25) is 0 Å². The van der Waals surface area contributed by atoms with E-state index in [9.17, 15) is 0 Å². The summed E-state index contributed by atoms with van der Waals surface area (Å²) in [6, 6.07) is 74.5. The number of nitrogens with zero attached hydrogens (tertiary/aromatic N) is 1. The standard InChI is InChI=1S/C48H33NSSi/c1-4-14-36(15-5-1)49-45-22-12-10-20-41(45)44-33-40(29-31-46(44)49)51(37-16-6-2-7-17-37,38-18-8-3-9-19-38)39-27-24-34(25-28-39)35-26-30-43-42-21-11-13-23-47(42)50-48(43)32-35/h1-33H. The molecule has 0 unspecified atom stereocenters. The Hall–Kier alpha value is -6.00. The minimum absolute atomic E-state index is 1.18. The highest BCUT2D eigenvalue weighted by Gasteiger charge is 2.41. The zero-order valence-corrected chi connectivity index (χ0v) is 29.7. The van der Waals surface area contributed by atoms with Gasteiger partial charge in [-0.05, 0) is 68.3 Å². The van der Waals surface area contributed by atoms with E-state index in [1.807, 2.05) is 11.3 Å². The van der Waals surface area contributed by atoms with Gasteiger partial charge in [0.2, 0.25) is 0 Å². The lowest BCUT2D eigenvalue weighted by Crippen LogP contribution is -2.74. The van der Waals surface area contributed by atoms with Gasteiger partial charge in [-0.25, -0.2) is 0 Å². The number of hydrogen-bond acceptors (Lipinski definition) is 1. The van der Waals surface area contributed by atoms with Gasteiger partial charge in [0, 0.05) is 36.6 Å². The maximum Gasteiger partial charge on any atom is 0.179 e. The van der Waals surface area contributed by atoms with Crippen LogP contribution in [0.2, 0.25) is 0 Å². The summed E-state index contributed by atoms with van der Waals surface area (Å²) in [5.41, 5.74) is 6.12. The van der Waals surface area contributed by atoms with E-state index in [0.717, 1.165) is 0 Å². The molecule has 3 heteroatoms. The summed E-state index contributed by atoms with van der Waals surface area (Å²) in [6.07, 6.45) is 0. The van der Waals surface area contributed by atoms with Gasteiger partial charge >= 0.3 is 0 Å². The van der Waals surface area contributed by atoms with Gasteiger partial charge < -0.3 is 4.57 Å². The third-order valence-corrected chi connectivity index (χ3v) is 16.5. The zero-order valence-electron chi connectivity index (χ0n) is 27.9. The Bertz CT molecular complexity index is 2800. The fourth-order valence-corrected chi connectivity index (χ4v) is 14.1. The van der Waals surface area contributed by atoms with Crippen molar-refractivity contribution in [3.05, 3.63) is 200 Å². The van der Waals surface area contributed by atoms with Crippen LogP contribution in [0.4, 0.5) is 0 Å². The second-order valence-corrected chi connectivity index (χ2v) is 18.2. The Morgan fingerprint density at radius 1 is 0.333 bits per heavy atom. The molecular formula is C48H33NSSi. The van der Waals surface area contributed by atoms with Gasteiger partial charge in [0.15, 0.2) is 8.07 Å². The smallest absolute Gasteiger partial charge is 0.179 e. The summed E-state index contributed by atoms with van der Waals surface area (Å²) >= 11 is 1.88. The first-order valence-corrected chi connectivity index (χ1v) is 20.3. The molecule has 0 fully saturated rings. The largest absolute Gasteiger partial charge is 0.309 e. The summed E-state index contributed by atoms with van der Waals surface area (Å²) in [5.74, 6) is 0. The lowest BCUT2D eigenvalue weighted by atomic mass is 10.0. The molecule has 10 rings (SSSR count). The second kappa shape index (κ2) is 12.1. The van der Waals surface area contributed by atoms with Crippen molar-refractivity contribution in [2.45, 2.75) is 0 Å². The van der Waals surface area contributed by atoms with Crippen LogP contribution in [0, 0.1) is 0 Å². The van der Waals surface area contributed by atoms with E-state index < -0.39 is 8.07 Å². The molecule has 0 saturated carbocycles. The molecule has 10 aromatic rings. The van der Waals surface area contributed by atoms with Crippen LogP contribution < -0.4 is 20.7 Å². The van der Waals surface area contributed by atoms with Crippen molar-refractivity contribution in [3.8, 4) is 16.8 Å². The molecular weight excluding hydrogens is 651 g/mol. The van der Waals surface area contributed by atoms with E-state index in [2.05, 4.69) is 205 Å². The minimum Gasteiger partial charge on any atom is -0.309 e. The summed E-state index contributed by atoms with van der Waals surface area (Å²) in [4.78, 5) is 0. The first kappa shape index (κ1) is 29.9. The molecule has 0 aliphatic rings. The van der Waals surface area contributed by atoms with Crippen LogP contribution in [0.15, 0.2) is 200 Å². The average Bonchev–Trinajstić information content (AvgIpc) is 3.75. The number of thiophene rings is 1. The molecule has 2 heterocycles. The fraction of sp³-hybridized carbons (Fsp3) is 0. The maximum atomic E-state index is 2.51. The Balaban J connectivity index is 1.20. The van der Waals surface area contributed by atoms with E-state index in [0.29, 0.717) is 0 Å². The Kier molecular flexibility index (Phi) is 7.09. The summed E-state index contributed by atoms with van der Waals surface area (Å²) in [6.45, 7) is 0. The predicted octanol–water partition coefficient (Wildman–Crippen LogP) is 10.2. The molecule has 51 heavy (non-hydrogen) atoms. The Labute approximate surface area is 302 Å². The molecule has 0 amide bonds. The Morgan fingerprint density at radius 3 is 1.59 bits per heavy atom. The van der Waals surface area contributed by atoms with Crippen molar-refractivity contribution in [2.75, 3.05) is 0 Å². The molecule has 2 aromatic heterocycles. The van der Waals surface area contributed by atoms with Crippen molar-refractivity contribution in [3.63, 3.8) is 0 Å². The van der Waals surface area contributed by atoms with E-state index >= 15 is 0 Å². The molecule has 0 aliphatic heterocycles. The number of hydrogen-bond donors (Lipinski definition) is 0. The van der Waals surface area contributed by atoms with E-state index in [-0.39, 0.29) is 0 Å². The first-order valence-electron chi connectivity index (χ1n) is 17.5. The SMILES string of the molecule is c1ccc(-n2c3ccccc3c3cc([Si](c4ccccc4)(c4ccccc4)c4ccc(-c5ccc6c(c5)sc5ccccc56)cc4)ccc32)cc1. The highest BCUT2D eigenvalue weighted by atomic mass is 32.1. The molecule has 0 atom stereocenters. The van der Waals surface area contributed by atoms with Crippen molar-refractivity contribution in [1.29, 1.82) is 0 Å². The second-order valence-electron chi connectivity index (χ2n) is 13.3. The zero-order chi connectivity index (χ0) is 33.8. The lowest BCUT2D eigenvalue weighted by molar-refractivity contribution is 1.18. The normalized spacial score (nSPS) is 11.9. The topological polar surface area (TPSA) is 4.93 Å². The third kappa shape index (κ3) is 4.74. The summed E-state index contributed by atoms with van der Waals surface area (Å²) < 4.78 is 5.08. The van der Waals surface area contributed by atoms with E-state index in [1.165, 1.54) is 79.5 Å². The van der Waals surface area contributed by atoms with Gasteiger partial charge in [-0.2, -0.15) is 0 Å². The molecule has 0 spiro atoms. The number of aromatic nitrogens is 1. The lowest BCUT2D eigenvalue weighted by Gasteiger charge is -2.34. The van der Waals surface area contributed by atoms with Gasteiger partial charge in [0.1, 0.15) is 0 Å². The average molecular weight is 684 g/mol. The van der Waals surface area contributed by atoms with Gasteiger partial charge in [-0.1, -0.05) is 164 Å². The van der Waals surface area contributed by atoms with Crippen molar-refractivity contribution in [1.82, 2.24) is 4.57 Å². The third-order valence-electron chi connectivity index (χ3n) is 10.6. The van der Waals surface area contributed by atoms with Gasteiger partial charge in [0.05, 0.1) is 11.0 Å². The van der Waals surface area contributed by atoms with Crippen LogP contribution in [0.1, 0.15) is 0 Å². The fourth-order valence-electron chi connectivity index (χ4n) is 8.26. The van der Waals surface area contributed by atoms with E-state index in [1.54, 1.807) is 0 Å². The van der Waals surface area contributed by atoms with Gasteiger partial charge in [0.25, 0.3) is 0 Å². The first-order chi connectivity index (χ1) is 25.3. The monoisotopic (exact) mass is 683 g/mol. The number of benzene rings is 8. The number of fused-ring (bicyclic) bond motifs is 6. The van der Waals surface area contributed by atoms with E-state index in [4.69, 9.17) is 0 Å². The predicted molar refractivity (Wildman–Crippen MR) is 223 cm³/mol. The number of rotatable bonds is 6. The Morgan fingerprint density at radius 2 is 0.863 bits per heavy atom. The molecule has 0 N–H and O–H groups in total. The number of para-hydroxylation sites is 2. The molecule has 1 nitrogen and oxygen atoms in total. The molecule has 0 radical (unpaired) electrons. The molecule has 240 valence electrons. The van der Waals surface area contributed by atoms with Crippen molar-refractivity contribution < 1.29 is 0 Å². The quantitative estimate of drug-likeness (QED) is 0.121.